The summed E-state index contributed by atoms with van der Waals surface area (Å²) in [5.41, 5.74) is 2.06. The highest BCUT2D eigenvalue weighted by Gasteiger charge is 2.42. The Hall–Kier alpha value is -0.870. The average molecular weight is 325 g/mol. The summed E-state index contributed by atoms with van der Waals surface area (Å²) in [6, 6.07) is 6.13. The molecule has 1 fully saturated rings. The van der Waals surface area contributed by atoms with Crippen molar-refractivity contribution in [1.82, 2.24) is 9.55 Å². The zero-order chi connectivity index (χ0) is 15.0. The molecule has 1 saturated carbocycles. The van der Waals surface area contributed by atoms with Crippen LogP contribution < -0.4 is 4.74 Å². The van der Waals surface area contributed by atoms with Gasteiger partial charge in [0.25, 0.3) is 0 Å². The van der Waals surface area contributed by atoms with Crippen LogP contribution in [0.4, 0.5) is 0 Å². The van der Waals surface area contributed by atoms with Crippen LogP contribution in [0.1, 0.15) is 32.5 Å². The first-order valence-corrected chi connectivity index (χ1v) is 9.10. The molecule has 1 aromatic carbocycles. The quantitative estimate of drug-likeness (QED) is 0.734. The van der Waals surface area contributed by atoms with Crippen molar-refractivity contribution >= 4 is 34.4 Å². The van der Waals surface area contributed by atoms with E-state index in [2.05, 4.69) is 16.9 Å². The third-order valence-corrected chi connectivity index (χ3v) is 5.63. The van der Waals surface area contributed by atoms with Gasteiger partial charge in [-0.15, -0.1) is 11.6 Å². The van der Waals surface area contributed by atoms with Crippen molar-refractivity contribution in [3.05, 3.63) is 24.0 Å². The van der Waals surface area contributed by atoms with E-state index in [-0.39, 0.29) is 6.10 Å². The summed E-state index contributed by atoms with van der Waals surface area (Å²) in [6.07, 6.45) is 4.89. The Balaban J connectivity index is 2.06. The first-order chi connectivity index (χ1) is 10.1. The van der Waals surface area contributed by atoms with Gasteiger partial charge in [-0.05, 0) is 45.1 Å². The van der Waals surface area contributed by atoms with E-state index in [1.807, 2.05) is 37.7 Å². The predicted octanol–water partition coefficient (Wildman–Crippen LogP) is 4.46. The Kier molecular flexibility index (Phi) is 4.10. The van der Waals surface area contributed by atoms with Gasteiger partial charge in [0, 0.05) is 11.3 Å². The van der Waals surface area contributed by atoms with Crippen molar-refractivity contribution in [1.29, 1.82) is 0 Å². The van der Waals surface area contributed by atoms with Crippen LogP contribution in [0.25, 0.3) is 11.0 Å². The normalized spacial score (nSPS) is 16.6. The Bertz CT molecular complexity index is 649. The summed E-state index contributed by atoms with van der Waals surface area (Å²) < 4.78 is 8.54. The molecule has 0 aliphatic heterocycles. The lowest BCUT2D eigenvalue weighted by molar-refractivity contribution is 0.245. The molecule has 3 rings (SSSR count). The van der Waals surface area contributed by atoms with Crippen molar-refractivity contribution in [2.45, 2.75) is 50.0 Å². The molecular formula is C16H21ClN2OS. The topological polar surface area (TPSA) is 27.1 Å². The van der Waals surface area contributed by atoms with Crippen molar-refractivity contribution in [3.63, 3.8) is 0 Å². The Labute approximate surface area is 135 Å². The molecule has 114 valence electrons. The van der Waals surface area contributed by atoms with Gasteiger partial charge in [-0.1, -0.05) is 6.07 Å². The number of imidazole rings is 1. The molecule has 0 atom stereocenters. The number of hydrogen-bond acceptors (Lipinski definition) is 3. The third kappa shape index (κ3) is 2.88. The van der Waals surface area contributed by atoms with E-state index in [0.29, 0.717) is 10.6 Å². The minimum Gasteiger partial charge on any atom is -0.489 e. The Morgan fingerprint density at radius 2 is 2.19 bits per heavy atom. The maximum Gasteiger partial charge on any atom is 0.147 e. The molecule has 1 aliphatic rings. The number of halogens is 1. The molecule has 0 amide bonds. The van der Waals surface area contributed by atoms with Gasteiger partial charge < -0.3 is 9.30 Å². The van der Waals surface area contributed by atoms with E-state index in [4.69, 9.17) is 21.3 Å². The van der Waals surface area contributed by atoms with E-state index in [1.54, 1.807) is 0 Å². The summed E-state index contributed by atoms with van der Waals surface area (Å²) in [5.74, 6) is 2.22. The Morgan fingerprint density at radius 1 is 1.43 bits per heavy atom. The second-order valence-electron chi connectivity index (χ2n) is 5.93. The fourth-order valence-electron chi connectivity index (χ4n) is 2.65. The lowest BCUT2D eigenvalue weighted by Crippen LogP contribution is -2.15. The first kappa shape index (κ1) is 15.0. The van der Waals surface area contributed by atoms with Crippen LogP contribution in [-0.2, 0) is 12.4 Å². The molecule has 0 N–H and O–H groups in total. The van der Waals surface area contributed by atoms with Gasteiger partial charge in [-0.25, -0.2) is 4.98 Å². The minimum absolute atomic E-state index is 0.140. The van der Waals surface area contributed by atoms with Crippen LogP contribution in [0, 0.1) is 0 Å². The number of aromatic nitrogens is 2. The summed E-state index contributed by atoms with van der Waals surface area (Å²) in [4.78, 5) is 4.73. The Morgan fingerprint density at radius 3 is 2.76 bits per heavy atom. The molecule has 1 aromatic heterocycles. The lowest BCUT2D eigenvalue weighted by atomic mass is 10.2. The summed E-state index contributed by atoms with van der Waals surface area (Å²) >= 11 is 8.08. The third-order valence-electron chi connectivity index (χ3n) is 3.99. The van der Waals surface area contributed by atoms with Crippen molar-refractivity contribution < 1.29 is 4.74 Å². The van der Waals surface area contributed by atoms with Crippen LogP contribution in [0.15, 0.2) is 18.2 Å². The van der Waals surface area contributed by atoms with Gasteiger partial charge in [0.1, 0.15) is 17.1 Å². The van der Waals surface area contributed by atoms with Crippen LogP contribution in [0.5, 0.6) is 5.75 Å². The van der Waals surface area contributed by atoms with Crippen molar-refractivity contribution in [2.24, 2.45) is 0 Å². The molecule has 5 heteroatoms. The summed E-state index contributed by atoms with van der Waals surface area (Å²) in [7, 11) is 0. The molecule has 1 heterocycles. The molecule has 3 nitrogen and oxygen atoms in total. The zero-order valence-electron chi connectivity index (χ0n) is 12.7. The molecule has 21 heavy (non-hydrogen) atoms. The van der Waals surface area contributed by atoms with Crippen LogP contribution >= 0.6 is 23.4 Å². The van der Waals surface area contributed by atoms with Gasteiger partial charge in [0.15, 0.2) is 0 Å². The van der Waals surface area contributed by atoms with Crippen LogP contribution in [0.2, 0.25) is 0 Å². The second-order valence-corrected chi connectivity index (χ2v) is 7.47. The standard InChI is InChI=1S/C16H21ClN2OS/c1-11(2)20-13-6-4-5-12-15(13)18-14(9-17)19(12)10-16(21-3)7-8-16/h4-6,11H,7-10H2,1-3H3. The van der Waals surface area contributed by atoms with Crippen LogP contribution in [0.3, 0.4) is 0 Å². The number of thioether (sulfide) groups is 1. The second kappa shape index (κ2) is 5.73. The molecule has 0 saturated heterocycles. The molecule has 0 unspecified atom stereocenters. The van der Waals surface area contributed by atoms with Gasteiger partial charge in [-0.3, -0.25) is 0 Å². The molecule has 1 aliphatic carbocycles. The highest BCUT2D eigenvalue weighted by Crippen LogP contribution is 2.49. The van der Waals surface area contributed by atoms with Gasteiger partial charge in [0.05, 0.1) is 17.5 Å². The highest BCUT2D eigenvalue weighted by molar-refractivity contribution is 8.00. The number of benzene rings is 1. The molecule has 0 radical (unpaired) electrons. The number of ether oxygens (including phenoxy) is 1. The lowest BCUT2D eigenvalue weighted by Gasteiger charge is -2.16. The van der Waals surface area contributed by atoms with E-state index < -0.39 is 0 Å². The number of alkyl halides is 1. The first-order valence-electron chi connectivity index (χ1n) is 7.34. The molecule has 2 aromatic rings. The number of fused-ring (bicyclic) bond motifs is 1. The maximum atomic E-state index is 6.12. The van der Waals surface area contributed by atoms with Crippen molar-refractivity contribution in [2.75, 3.05) is 6.26 Å². The fraction of sp³-hybridized carbons (Fsp3) is 0.562. The van der Waals surface area contributed by atoms with E-state index >= 15 is 0 Å². The monoisotopic (exact) mass is 324 g/mol. The maximum absolute atomic E-state index is 6.12. The van der Waals surface area contributed by atoms with E-state index in [1.165, 1.54) is 12.8 Å². The summed E-state index contributed by atoms with van der Waals surface area (Å²) in [5, 5.41) is 0. The largest absolute Gasteiger partial charge is 0.489 e. The number of nitrogens with zero attached hydrogens (tertiary/aromatic N) is 2. The van der Waals surface area contributed by atoms with E-state index in [0.717, 1.165) is 29.2 Å². The minimum atomic E-state index is 0.140. The van der Waals surface area contributed by atoms with E-state index in [9.17, 15) is 0 Å². The smallest absolute Gasteiger partial charge is 0.147 e. The number of rotatable bonds is 6. The molecule has 0 bridgehead atoms. The van der Waals surface area contributed by atoms with Gasteiger partial charge in [-0.2, -0.15) is 11.8 Å². The number of para-hydroxylation sites is 1. The molecular weight excluding hydrogens is 304 g/mol. The van der Waals surface area contributed by atoms with Gasteiger partial charge in [0.2, 0.25) is 0 Å². The highest BCUT2D eigenvalue weighted by atomic mass is 35.5. The van der Waals surface area contributed by atoms with Gasteiger partial charge >= 0.3 is 0 Å². The predicted molar refractivity (Wildman–Crippen MR) is 90.5 cm³/mol. The van der Waals surface area contributed by atoms with Crippen molar-refractivity contribution in [3.8, 4) is 5.75 Å². The summed E-state index contributed by atoms with van der Waals surface area (Å²) in [6.45, 7) is 5.05. The molecule has 0 spiro atoms. The SMILES string of the molecule is CSC1(Cn2c(CCl)nc3c(OC(C)C)cccc32)CC1. The average Bonchev–Trinajstić information content (AvgIpc) is 3.15. The van der Waals surface area contributed by atoms with Crippen LogP contribution in [-0.4, -0.2) is 26.7 Å². The fourth-order valence-corrected chi connectivity index (χ4v) is 3.62. The number of hydrogen-bond donors (Lipinski definition) is 0. The zero-order valence-corrected chi connectivity index (χ0v) is 14.3.